The molecule has 3 aromatic carbocycles. The molecule has 1 aromatic heterocycles. The summed E-state index contributed by atoms with van der Waals surface area (Å²) in [4.78, 5) is 28.3. The third kappa shape index (κ3) is 4.90. The predicted octanol–water partition coefficient (Wildman–Crippen LogP) is 4.49. The van der Waals surface area contributed by atoms with Crippen LogP contribution in [0.5, 0.6) is 0 Å². The highest BCUT2D eigenvalue weighted by atomic mass is 19.1. The lowest BCUT2D eigenvalue weighted by atomic mass is 9.93. The Kier molecular flexibility index (Phi) is 6.70. The first-order valence-corrected chi connectivity index (χ1v) is 13.3. The van der Waals surface area contributed by atoms with Crippen molar-refractivity contribution in [3.63, 3.8) is 0 Å². The maximum atomic E-state index is 15.2. The molecule has 200 valence electrons. The van der Waals surface area contributed by atoms with Crippen molar-refractivity contribution in [1.82, 2.24) is 15.0 Å². The molecule has 2 aliphatic rings. The summed E-state index contributed by atoms with van der Waals surface area (Å²) >= 11 is 0. The number of anilines is 2. The second kappa shape index (κ2) is 10.5. The molecule has 0 atom stereocenters. The number of aliphatic hydroxyl groups excluding tert-OH is 1. The van der Waals surface area contributed by atoms with Crippen molar-refractivity contribution in [2.24, 2.45) is 0 Å². The number of nitrogens with zero attached hydrogens (tertiary/aromatic N) is 5. The topological polar surface area (TPSA) is 129 Å². The van der Waals surface area contributed by atoms with Gasteiger partial charge in [-0.15, -0.1) is 0 Å². The van der Waals surface area contributed by atoms with Gasteiger partial charge in [0.05, 0.1) is 30.3 Å². The molecule has 6 rings (SSSR count). The number of hydrogen-bond acceptors (Lipinski definition) is 7. The van der Waals surface area contributed by atoms with E-state index in [4.69, 9.17) is 11.0 Å². The van der Waals surface area contributed by atoms with Gasteiger partial charge in [0.15, 0.2) is 5.82 Å². The average Bonchev–Trinajstić information content (AvgIpc) is 3.79. The van der Waals surface area contributed by atoms with Crippen molar-refractivity contribution in [2.45, 2.75) is 44.6 Å². The highest BCUT2D eigenvalue weighted by molar-refractivity contribution is 6.09. The molecule has 0 radical (unpaired) electrons. The number of rotatable bonds is 7. The van der Waals surface area contributed by atoms with Crippen LogP contribution in [0.3, 0.4) is 0 Å². The highest BCUT2D eigenvalue weighted by Crippen LogP contribution is 2.42. The van der Waals surface area contributed by atoms with E-state index in [2.05, 4.69) is 21.0 Å². The van der Waals surface area contributed by atoms with Crippen LogP contribution in [0.15, 0.2) is 54.6 Å². The van der Waals surface area contributed by atoms with Crippen LogP contribution < -0.4 is 10.6 Å². The Morgan fingerprint density at radius 2 is 1.85 bits per heavy atom. The van der Waals surface area contributed by atoms with Crippen LogP contribution in [0, 0.1) is 17.1 Å². The zero-order valence-electron chi connectivity index (χ0n) is 21.8. The molecule has 8 nitrogen and oxygen atoms in total. The van der Waals surface area contributed by atoms with Gasteiger partial charge in [-0.25, -0.2) is 9.37 Å². The van der Waals surface area contributed by atoms with Gasteiger partial charge in [-0.1, -0.05) is 42.5 Å². The molecule has 1 aliphatic heterocycles. The van der Waals surface area contributed by atoms with Crippen LogP contribution in [-0.4, -0.2) is 32.5 Å². The normalized spacial score (nSPS) is 14.6. The summed E-state index contributed by atoms with van der Waals surface area (Å²) in [5.74, 6) is 0.231. The lowest BCUT2D eigenvalue weighted by Crippen LogP contribution is -2.39. The highest BCUT2D eigenvalue weighted by Gasteiger charge is 2.33. The number of benzene rings is 3. The van der Waals surface area contributed by atoms with Gasteiger partial charge in [0.1, 0.15) is 11.6 Å². The van der Waals surface area contributed by atoms with Gasteiger partial charge in [0.2, 0.25) is 5.95 Å². The van der Waals surface area contributed by atoms with E-state index in [0.717, 1.165) is 35.1 Å². The standard InChI is InChI=1S/C31H27FN6O2/c32-25-16-22(20-8-9-20)15-21-11-13-38(30(40)28(21)25)26-3-1-2-23(24(26)17-39)29-35-27(36-31(34)37-29)14-19-6-4-18(5-7-19)10-12-33/h1-7,15-16,20,39H,8-11,13-14,17H2,(H2,34,35,36,37). The van der Waals surface area contributed by atoms with E-state index in [1.165, 1.54) is 11.0 Å². The molecule has 4 aromatic rings. The monoisotopic (exact) mass is 534 g/mol. The maximum absolute atomic E-state index is 15.2. The molecule has 40 heavy (non-hydrogen) atoms. The van der Waals surface area contributed by atoms with Gasteiger partial charge in [-0.05, 0) is 59.6 Å². The molecule has 9 heteroatoms. The van der Waals surface area contributed by atoms with Crippen molar-refractivity contribution in [2.75, 3.05) is 17.2 Å². The van der Waals surface area contributed by atoms with Crippen LogP contribution in [-0.2, 0) is 25.9 Å². The van der Waals surface area contributed by atoms with Gasteiger partial charge < -0.3 is 15.7 Å². The van der Waals surface area contributed by atoms with Crippen LogP contribution >= 0.6 is 0 Å². The van der Waals surface area contributed by atoms with Crippen LogP contribution in [0.2, 0.25) is 0 Å². The molecule has 0 bridgehead atoms. The van der Waals surface area contributed by atoms with Crippen molar-refractivity contribution >= 4 is 17.5 Å². The zero-order valence-corrected chi connectivity index (χ0v) is 21.8. The Labute approximate surface area is 231 Å². The minimum atomic E-state index is -0.494. The molecule has 0 saturated heterocycles. The average molecular weight is 535 g/mol. The number of nitriles is 1. The van der Waals surface area contributed by atoms with Crippen LogP contribution in [0.1, 0.15) is 62.8 Å². The SMILES string of the molecule is N#CCc1ccc(Cc2nc(N)nc(-c3cccc(N4CCc5cc(C6CC6)cc(F)c5C4=O)c3CO)n2)cc1. The van der Waals surface area contributed by atoms with Gasteiger partial charge >= 0.3 is 0 Å². The molecule has 3 N–H and O–H groups in total. The number of nitrogens with two attached hydrogens (primary N) is 1. The number of nitrogen functional groups attached to an aromatic ring is 1. The maximum Gasteiger partial charge on any atom is 0.261 e. The van der Waals surface area contributed by atoms with E-state index in [-0.39, 0.29) is 23.9 Å². The molecule has 1 fully saturated rings. The molecular weight excluding hydrogens is 507 g/mol. The molecule has 1 amide bonds. The Balaban J connectivity index is 1.33. The van der Waals surface area contributed by atoms with Gasteiger partial charge in [0.25, 0.3) is 5.91 Å². The fraction of sp³-hybridized carbons (Fsp3) is 0.258. The summed E-state index contributed by atoms with van der Waals surface area (Å²) in [6, 6.07) is 18.5. The second-order valence-corrected chi connectivity index (χ2v) is 10.2. The molecule has 1 aliphatic carbocycles. The van der Waals surface area contributed by atoms with E-state index < -0.39 is 11.7 Å². The Morgan fingerprint density at radius 3 is 2.58 bits per heavy atom. The summed E-state index contributed by atoms with van der Waals surface area (Å²) in [6.07, 6.45) is 3.36. The first kappa shape index (κ1) is 25.6. The lowest BCUT2D eigenvalue weighted by Gasteiger charge is -2.31. The first-order chi connectivity index (χ1) is 19.4. The largest absolute Gasteiger partial charge is 0.392 e. The summed E-state index contributed by atoms with van der Waals surface area (Å²) in [6.45, 7) is -0.0191. The zero-order chi connectivity index (χ0) is 27.8. The number of halogens is 1. The lowest BCUT2D eigenvalue weighted by molar-refractivity contribution is 0.0976. The summed E-state index contributed by atoms with van der Waals surface area (Å²) in [5.41, 5.74) is 11.2. The van der Waals surface area contributed by atoms with E-state index >= 15 is 4.39 Å². The number of carbonyl (C=O) groups excluding carboxylic acids is 1. The summed E-state index contributed by atoms with van der Waals surface area (Å²) in [7, 11) is 0. The van der Waals surface area contributed by atoms with Crippen LogP contribution in [0.25, 0.3) is 11.4 Å². The van der Waals surface area contributed by atoms with Crippen molar-refractivity contribution in [3.8, 4) is 17.5 Å². The Morgan fingerprint density at radius 1 is 1.07 bits per heavy atom. The number of aromatic nitrogens is 3. The predicted molar refractivity (Wildman–Crippen MR) is 148 cm³/mol. The molecule has 0 unspecified atom stereocenters. The number of carbonyl (C=O) groups is 1. The Hall–Kier alpha value is -4.68. The number of aliphatic hydroxyl groups is 1. The van der Waals surface area contributed by atoms with Gasteiger partial charge in [-0.3, -0.25) is 4.79 Å². The van der Waals surface area contributed by atoms with E-state index in [0.29, 0.717) is 54.4 Å². The van der Waals surface area contributed by atoms with Gasteiger partial charge in [0, 0.05) is 24.1 Å². The summed E-state index contributed by atoms with van der Waals surface area (Å²) < 4.78 is 15.2. The van der Waals surface area contributed by atoms with E-state index in [9.17, 15) is 9.90 Å². The smallest absolute Gasteiger partial charge is 0.261 e. The molecule has 0 spiro atoms. The summed E-state index contributed by atoms with van der Waals surface area (Å²) in [5, 5.41) is 19.3. The molecule has 2 heterocycles. The van der Waals surface area contributed by atoms with Crippen molar-refractivity contribution in [1.29, 1.82) is 5.26 Å². The quantitative estimate of drug-likeness (QED) is 0.357. The molecular formula is C31H27FN6O2. The van der Waals surface area contributed by atoms with Crippen LogP contribution in [0.4, 0.5) is 16.0 Å². The Bertz CT molecular complexity index is 1660. The van der Waals surface area contributed by atoms with E-state index in [1.54, 1.807) is 18.2 Å². The third-order valence-electron chi connectivity index (χ3n) is 7.52. The van der Waals surface area contributed by atoms with Gasteiger partial charge in [-0.2, -0.15) is 15.2 Å². The van der Waals surface area contributed by atoms with Crippen molar-refractivity contribution < 1.29 is 14.3 Å². The fourth-order valence-electron chi connectivity index (χ4n) is 5.36. The first-order valence-electron chi connectivity index (χ1n) is 13.3. The third-order valence-corrected chi connectivity index (χ3v) is 7.52. The minimum Gasteiger partial charge on any atom is -0.392 e. The van der Waals surface area contributed by atoms with Crippen molar-refractivity contribution in [3.05, 3.63) is 99.6 Å². The minimum absolute atomic E-state index is 0.0342. The number of hydrogen-bond donors (Lipinski definition) is 2. The molecule has 1 saturated carbocycles. The second-order valence-electron chi connectivity index (χ2n) is 10.2. The fourth-order valence-corrected chi connectivity index (χ4v) is 5.36. The number of amides is 1. The number of fused-ring (bicyclic) bond motifs is 1. The van der Waals surface area contributed by atoms with E-state index in [1.807, 2.05) is 30.3 Å².